The molecule has 0 heterocycles. The number of methoxy groups -OCH3 is 1. The van der Waals surface area contributed by atoms with E-state index in [0.717, 1.165) is 42.7 Å². The molecule has 0 unspecified atom stereocenters. The van der Waals surface area contributed by atoms with E-state index in [2.05, 4.69) is 36.5 Å². The quantitative estimate of drug-likeness (QED) is 0.527. The second-order valence-electron chi connectivity index (χ2n) is 8.87. The molecule has 1 N–H and O–H groups in total. The Morgan fingerprint density at radius 2 is 1.82 bits per heavy atom. The van der Waals surface area contributed by atoms with Crippen LogP contribution in [0.5, 0.6) is 5.75 Å². The van der Waals surface area contributed by atoms with Gasteiger partial charge in [0.1, 0.15) is 11.8 Å². The van der Waals surface area contributed by atoms with Crippen molar-refractivity contribution < 1.29 is 14.3 Å². The third-order valence-electron chi connectivity index (χ3n) is 6.22. The summed E-state index contributed by atoms with van der Waals surface area (Å²) in [5, 5.41) is 3.19. The average molecular weight is 469 g/mol. The summed E-state index contributed by atoms with van der Waals surface area (Å²) in [7, 11) is 1.63. The van der Waals surface area contributed by atoms with Crippen LogP contribution in [0.1, 0.15) is 55.7 Å². The lowest BCUT2D eigenvalue weighted by molar-refractivity contribution is -0.139. The van der Waals surface area contributed by atoms with Gasteiger partial charge in [0, 0.05) is 18.3 Å². The third-order valence-corrected chi connectivity index (χ3v) is 7.21. The Hall–Kier alpha value is -2.47. The maximum absolute atomic E-state index is 13.3. The molecule has 2 amide bonds. The third kappa shape index (κ3) is 7.81. The summed E-state index contributed by atoms with van der Waals surface area (Å²) in [6.45, 7) is 4.28. The van der Waals surface area contributed by atoms with Gasteiger partial charge >= 0.3 is 0 Å². The highest BCUT2D eigenvalue weighted by Crippen LogP contribution is 2.20. The molecule has 1 saturated carbocycles. The van der Waals surface area contributed by atoms with Gasteiger partial charge in [0.2, 0.25) is 11.8 Å². The summed E-state index contributed by atoms with van der Waals surface area (Å²) in [5.74, 6) is 1.75. The van der Waals surface area contributed by atoms with E-state index in [1.807, 2.05) is 31.2 Å². The van der Waals surface area contributed by atoms with Gasteiger partial charge < -0.3 is 15.0 Å². The highest BCUT2D eigenvalue weighted by Gasteiger charge is 2.28. The minimum absolute atomic E-state index is 0.0266. The Morgan fingerprint density at radius 1 is 1.09 bits per heavy atom. The molecular formula is C27H36N2O3S. The van der Waals surface area contributed by atoms with Crippen LogP contribution in [0.2, 0.25) is 0 Å². The molecule has 5 nitrogen and oxygen atoms in total. The van der Waals surface area contributed by atoms with Crippen LogP contribution in [0, 0.1) is 6.92 Å². The first kappa shape index (κ1) is 25.2. The molecule has 178 valence electrons. The van der Waals surface area contributed by atoms with Crippen molar-refractivity contribution in [1.29, 1.82) is 0 Å². The van der Waals surface area contributed by atoms with Crippen LogP contribution in [-0.4, -0.2) is 41.7 Å². The van der Waals surface area contributed by atoms with E-state index >= 15 is 0 Å². The van der Waals surface area contributed by atoms with Crippen molar-refractivity contribution in [2.45, 2.75) is 70.3 Å². The topological polar surface area (TPSA) is 58.6 Å². The SMILES string of the molecule is COc1cccc(CN(C(=O)CSCc2ccc(C)cc2)[C@@H](C)C(=O)NC2CCCCC2)c1. The van der Waals surface area contributed by atoms with Gasteiger partial charge in [-0.1, -0.05) is 61.2 Å². The highest BCUT2D eigenvalue weighted by molar-refractivity contribution is 7.99. The fourth-order valence-corrected chi connectivity index (χ4v) is 5.01. The predicted molar refractivity (Wildman–Crippen MR) is 135 cm³/mol. The Labute approximate surface area is 202 Å². The summed E-state index contributed by atoms with van der Waals surface area (Å²) >= 11 is 1.58. The summed E-state index contributed by atoms with van der Waals surface area (Å²) in [4.78, 5) is 28.0. The molecule has 0 aliphatic heterocycles. The van der Waals surface area contributed by atoms with Gasteiger partial charge in [-0.05, 0) is 49.9 Å². The zero-order chi connectivity index (χ0) is 23.6. The first-order valence-corrected chi connectivity index (χ1v) is 13.0. The van der Waals surface area contributed by atoms with Crippen LogP contribution < -0.4 is 10.1 Å². The molecule has 0 radical (unpaired) electrons. The molecule has 0 saturated heterocycles. The number of aryl methyl sites for hydroxylation is 1. The van der Waals surface area contributed by atoms with Crippen LogP contribution in [-0.2, 0) is 21.9 Å². The molecule has 1 fully saturated rings. The van der Waals surface area contributed by atoms with Crippen molar-refractivity contribution >= 4 is 23.6 Å². The minimum Gasteiger partial charge on any atom is -0.497 e. The standard InChI is InChI=1S/C27H36N2O3S/c1-20-12-14-22(15-13-20)18-33-19-26(30)29(17-23-8-7-11-25(16-23)32-3)21(2)27(31)28-24-9-5-4-6-10-24/h7-8,11-16,21,24H,4-6,9-10,17-19H2,1-3H3,(H,28,31)/t21-/m0/s1. The van der Waals surface area contributed by atoms with E-state index in [4.69, 9.17) is 4.74 Å². The van der Waals surface area contributed by atoms with E-state index in [1.165, 1.54) is 17.5 Å². The van der Waals surface area contributed by atoms with Crippen LogP contribution >= 0.6 is 11.8 Å². The minimum atomic E-state index is -0.536. The van der Waals surface area contributed by atoms with Gasteiger partial charge in [-0.3, -0.25) is 9.59 Å². The number of carbonyl (C=O) groups is 2. The summed E-state index contributed by atoms with van der Waals surface area (Å²) in [6, 6.07) is 15.7. The van der Waals surface area contributed by atoms with Crippen molar-refractivity contribution in [2.24, 2.45) is 0 Å². The molecule has 1 aliphatic carbocycles. The van der Waals surface area contributed by atoms with E-state index in [1.54, 1.807) is 23.8 Å². The van der Waals surface area contributed by atoms with Crippen LogP contribution in [0.15, 0.2) is 48.5 Å². The molecule has 0 spiro atoms. The Bertz CT molecular complexity index is 910. The van der Waals surface area contributed by atoms with Crippen LogP contribution in [0.4, 0.5) is 0 Å². The van der Waals surface area contributed by atoms with Crippen molar-refractivity contribution in [3.8, 4) is 5.75 Å². The lowest BCUT2D eigenvalue weighted by Gasteiger charge is -2.31. The first-order valence-electron chi connectivity index (χ1n) is 11.8. The number of thioether (sulfide) groups is 1. The number of carbonyl (C=O) groups excluding carboxylic acids is 2. The number of hydrogen-bond donors (Lipinski definition) is 1. The second-order valence-corrected chi connectivity index (χ2v) is 9.86. The van der Waals surface area contributed by atoms with Gasteiger partial charge in [0.25, 0.3) is 0 Å². The maximum atomic E-state index is 13.3. The average Bonchev–Trinajstić information content (AvgIpc) is 2.84. The lowest BCUT2D eigenvalue weighted by Crippen LogP contribution is -2.50. The van der Waals surface area contributed by atoms with Gasteiger partial charge in [-0.25, -0.2) is 0 Å². The van der Waals surface area contributed by atoms with Gasteiger partial charge in [-0.2, -0.15) is 0 Å². The Kier molecular flexibility index (Phi) is 9.67. The molecule has 0 bridgehead atoms. The zero-order valence-electron chi connectivity index (χ0n) is 20.0. The molecule has 1 atom stereocenters. The van der Waals surface area contributed by atoms with Gasteiger partial charge in [0.15, 0.2) is 0 Å². The lowest BCUT2D eigenvalue weighted by atomic mass is 9.95. The normalized spacial score (nSPS) is 15.0. The fourth-order valence-electron chi connectivity index (χ4n) is 4.14. The summed E-state index contributed by atoms with van der Waals surface area (Å²) < 4.78 is 5.34. The molecule has 1 aliphatic rings. The largest absolute Gasteiger partial charge is 0.497 e. The van der Waals surface area contributed by atoms with E-state index in [-0.39, 0.29) is 17.9 Å². The smallest absolute Gasteiger partial charge is 0.242 e. The number of benzene rings is 2. The Balaban J connectivity index is 1.66. The second kappa shape index (κ2) is 12.7. The number of hydrogen-bond acceptors (Lipinski definition) is 4. The molecule has 0 aromatic heterocycles. The fraction of sp³-hybridized carbons (Fsp3) is 0.481. The number of ether oxygens (including phenoxy) is 1. The predicted octanol–water partition coefficient (Wildman–Crippen LogP) is 5.10. The molecule has 2 aromatic carbocycles. The number of nitrogens with zero attached hydrogens (tertiary/aromatic N) is 1. The van der Waals surface area contributed by atoms with E-state index in [0.29, 0.717) is 12.3 Å². The van der Waals surface area contributed by atoms with Crippen LogP contribution in [0.3, 0.4) is 0 Å². The van der Waals surface area contributed by atoms with E-state index in [9.17, 15) is 9.59 Å². The van der Waals surface area contributed by atoms with Crippen molar-refractivity contribution in [2.75, 3.05) is 12.9 Å². The molecule has 33 heavy (non-hydrogen) atoms. The van der Waals surface area contributed by atoms with Gasteiger partial charge in [0.05, 0.1) is 12.9 Å². The molecular weight excluding hydrogens is 432 g/mol. The Morgan fingerprint density at radius 3 is 2.52 bits per heavy atom. The van der Waals surface area contributed by atoms with Crippen molar-refractivity contribution in [3.05, 3.63) is 65.2 Å². The summed E-state index contributed by atoms with van der Waals surface area (Å²) in [6.07, 6.45) is 5.59. The van der Waals surface area contributed by atoms with Crippen molar-refractivity contribution in [3.63, 3.8) is 0 Å². The number of amides is 2. The molecule has 3 rings (SSSR count). The number of rotatable bonds is 10. The van der Waals surface area contributed by atoms with Crippen LogP contribution in [0.25, 0.3) is 0 Å². The van der Waals surface area contributed by atoms with E-state index < -0.39 is 6.04 Å². The summed E-state index contributed by atoms with van der Waals surface area (Å²) in [5.41, 5.74) is 3.37. The van der Waals surface area contributed by atoms with Gasteiger partial charge in [-0.15, -0.1) is 11.8 Å². The zero-order valence-corrected chi connectivity index (χ0v) is 20.8. The van der Waals surface area contributed by atoms with Crippen molar-refractivity contribution in [1.82, 2.24) is 10.2 Å². The number of nitrogens with one attached hydrogen (secondary N) is 1. The maximum Gasteiger partial charge on any atom is 0.242 e. The highest BCUT2D eigenvalue weighted by atomic mass is 32.2. The first-order chi connectivity index (χ1) is 16.0. The molecule has 6 heteroatoms. The molecule has 2 aromatic rings. The monoisotopic (exact) mass is 468 g/mol.